The highest BCUT2D eigenvalue weighted by Crippen LogP contribution is 2.47. The predicted molar refractivity (Wildman–Crippen MR) is 131 cm³/mol. The van der Waals surface area contributed by atoms with Gasteiger partial charge in [-0.25, -0.2) is 0 Å². The van der Waals surface area contributed by atoms with Crippen LogP contribution in [-0.2, 0) is 0 Å². The molecule has 0 spiro atoms. The molecule has 1 aliphatic rings. The van der Waals surface area contributed by atoms with Gasteiger partial charge in [0, 0.05) is 34.1 Å². The van der Waals surface area contributed by atoms with Crippen LogP contribution in [0.25, 0.3) is 22.2 Å². The Morgan fingerprint density at radius 3 is 2.52 bits per heavy atom. The number of methoxy groups -OCH3 is 2. The van der Waals surface area contributed by atoms with E-state index in [2.05, 4.69) is 30.1 Å². The summed E-state index contributed by atoms with van der Waals surface area (Å²) in [4.78, 5) is 19.1. The second kappa shape index (κ2) is 8.66. The molecule has 1 aliphatic heterocycles. The van der Waals surface area contributed by atoms with E-state index in [-0.39, 0.29) is 11.9 Å². The van der Waals surface area contributed by atoms with E-state index < -0.39 is 0 Å². The number of H-pyrrole nitrogens is 1. The average Bonchev–Trinajstić information content (AvgIpc) is 3.37. The standard InChI is InChI=1S/C28H28N2O3/c1-4-5-16-30-27(19-10-6-7-11-20(19)28(30)31)25-21-12-8-9-13-23(21)29-26(25)22-17-18(32-2)14-15-24(22)33-3/h6-15,17,27,29H,4-5,16H2,1-3H3/t27-/m0/s1. The number of nitrogens with zero attached hydrogens (tertiary/aromatic N) is 1. The van der Waals surface area contributed by atoms with Gasteiger partial charge in [0.1, 0.15) is 11.5 Å². The fraction of sp³-hybridized carbons (Fsp3) is 0.250. The molecule has 2 heterocycles. The third kappa shape index (κ3) is 3.44. The summed E-state index contributed by atoms with van der Waals surface area (Å²) >= 11 is 0. The average molecular weight is 441 g/mol. The maximum atomic E-state index is 13.5. The van der Waals surface area contributed by atoms with Crippen LogP contribution < -0.4 is 9.47 Å². The second-order valence-electron chi connectivity index (χ2n) is 8.37. The summed E-state index contributed by atoms with van der Waals surface area (Å²) in [7, 11) is 3.34. The van der Waals surface area contributed by atoms with E-state index in [1.165, 1.54) is 0 Å². The van der Waals surface area contributed by atoms with Gasteiger partial charge in [0.2, 0.25) is 0 Å². The Kier molecular flexibility index (Phi) is 5.55. The molecule has 0 radical (unpaired) electrons. The number of carbonyl (C=O) groups is 1. The number of hydrogen-bond donors (Lipinski definition) is 1. The van der Waals surface area contributed by atoms with Gasteiger partial charge in [0.25, 0.3) is 5.91 Å². The van der Waals surface area contributed by atoms with Gasteiger partial charge in [-0.05, 0) is 42.3 Å². The number of ether oxygens (including phenoxy) is 2. The lowest BCUT2D eigenvalue weighted by atomic mass is 9.92. The summed E-state index contributed by atoms with van der Waals surface area (Å²) in [5, 5.41) is 1.10. The van der Waals surface area contributed by atoms with Crippen LogP contribution in [0.1, 0.15) is 47.3 Å². The summed E-state index contributed by atoms with van der Waals surface area (Å²) in [5.41, 5.74) is 5.81. The highest BCUT2D eigenvalue weighted by atomic mass is 16.5. The fourth-order valence-corrected chi connectivity index (χ4v) is 4.91. The normalized spacial score (nSPS) is 15.2. The van der Waals surface area contributed by atoms with Gasteiger partial charge in [-0.15, -0.1) is 0 Å². The zero-order valence-corrected chi connectivity index (χ0v) is 19.2. The van der Waals surface area contributed by atoms with Gasteiger partial charge in [0.15, 0.2) is 0 Å². The molecule has 0 fully saturated rings. The van der Waals surface area contributed by atoms with Crippen LogP contribution in [0.4, 0.5) is 0 Å². The zero-order chi connectivity index (χ0) is 22.9. The van der Waals surface area contributed by atoms with Crippen molar-refractivity contribution >= 4 is 16.8 Å². The van der Waals surface area contributed by atoms with E-state index in [0.717, 1.165) is 63.2 Å². The molecule has 1 atom stereocenters. The van der Waals surface area contributed by atoms with Crippen LogP contribution in [0.3, 0.4) is 0 Å². The minimum absolute atomic E-state index is 0.0953. The van der Waals surface area contributed by atoms with Crippen molar-refractivity contribution in [2.45, 2.75) is 25.8 Å². The van der Waals surface area contributed by atoms with E-state index >= 15 is 0 Å². The minimum atomic E-state index is -0.178. The highest BCUT2D eigenvalue weighted by molar-refractivity contribution is 6.02. The molecule has 0 bridgehead atoms. The summed E-state index contributed by atoms with van der Waals surface area (Å²) in [6.45, 7) is 2.86. The molecule has 1 aromatic heterocycles. The number of rotatable bonds is 7. The van der Waals surface area contributed by atoms with E-state index in [9.17, 15) is 4.79 Å². The molecule has 1 N–H and O–H groups in total. The summed E-state index contributed by atoms with van der Waals surface area (Å²) in [6, 6.07) is 21.9. The van der Waals surface area contributed by atoms with Crippen LogP contribution in [0, 0.1) is 0 Å². The molecule has 3 aromatic carbocycles. The minimum Gasteiger partial charge on any atom is -0.497 e. The molecule has 0 unspecified atom stereocenters. The van der Waals surface area contributed by atoms with Gasteiger partial charge in [-0.1, -0.05) is 49.7 Å². The number of hydrogen-bond acceptors (Lipinski definition) is 3. The number of fused-ring (bicyclic) bond motifs is 2. The number of amides is 1. The first-order chi connectivity index (χ1) is 16.2. The zero-order valence-electron chi connectivity index (χ0n) is 19.2. The predicted octanol–water partition coefficient (Wildman–Crippen LogP) is 6.20. The number of aromatic nitrogens is 1. The summed E-state index contributed by atoms with van der Waals surface area (Å²) in [6.07, 6.45) is 1.98. The van der Waals surface area contributed by atoms with Gasteiger partial charge in [-0.3, -0.25) is 4.79 Å². The molecule has 5 rings (SSSR count). The molecule has 0 saturated carbocycles. The number of carbonyl (C=O) groups excluding carboxylic acids is 1. The quantitative estimate of drug-likeness (QED) is 0.372. The number of para-hydroxylation sites is 1. The lowest BCUT2D eigenvalue weighted by molar-refractivity contribution is 0.0748. The van der Waals surface area contributed by atoms with Crippen molar-refractivity contribution in [3.8, 4) is 22.8 Å². The Labute approximate surface area is 193 Å². The van der Waals surface area contributed by atoms with Gasteiger partial charge >= 0.3 is 0 Å². The maximum absolute atomic E-state index is 13.5. The fourth-order valence-electron chi connectivity index (χ4n) is 4.91. The van der Waals surface area contributed by atoms with E-state index in [0.29, 0.717) is 6.54 Å². The number of aromatic amines is 1. The number of benzene rings is 3. The van der Waals surface area contributed by atoms with Crippen molar-refractivity contribution in [1.82, 2.24) is 9.88 Å². The molecule has 33 heavy (non-hydrogen) atoms. The molecular formula is C28H28N2O3. The first kappa shape index (κ1) is 21.1. The van der Waals surface area contributed by atoms with Crippen molar-refractivity contribution in [1.29, 1.82) is 0 Å². The summed E-state index contributed by atoms with van der Waals surface area (Å²) in [5.74, 6) is 1.60. The third-order valence-electron chi connectivity index (χ3n) is 6.51. The van der Waals surface area contributed by atoms with Gasteiger partial charge in [0.05, 0.1) is 26.0 Å². The van der Waals surface area contributed by atoms with Crippen LogP contribution in [0.5, 0.6) is 11.5 Å². The third-order valence-corrected chi connectivity index (χ3v) is 6.51. The first-order valence-corrected chi connectivity index (χ1v) is 11.4. The van der Waals surface area contributed by atoms with Crippen molar-refractivity contribution in [3.05, 3.63) is 83.4 Å². The maximum Gasteiger partial charge on any atom is 0.255 e. The Morgan fingerprint density at radius 1 is 0.939 bits per heavy atom. The molecule has 4 aromatic rings. The number of unbranched alkanes of at least 4 members (excludes halogenated alkanes) is 1. The van der Waals surface area contributed by atoms with Crippen molar-refractivity contribution in [3.63, 3.8) is 0 Å². The molecule has 5 nitrogen and oxygen atoms in total. The monoisotopic (exact) mass is 440 g/mol. The van der Waals surface area contributed by atoms with Crippen LogP contribution in [-0.4, -0.2) is 36.6 Å². The van der Waals surface area contributed by atoms with Crippen molar-refractivity contribution in [2.24, 2.45) is 0 Å². The molecule has 5 heteroatoms. The SMILES string of the molecule is CCCCN1C(=O)c2ccccc2[C@H]1c1c(-c2cc(OC)ccc2OC)[nH]c2ccccc12. The number of nitrogens with one attached hydrogen (secondary N) is 1. The lowest BCUT2D eigenvalue weighted by Gasteiger charge is -2.27. The molecular weight excluding hydrogens is 412 g/mol. The van der Waals surface area contributed by atoms with E-state index in [1.54, 1.807) is 14.2 Å². The van der Waals surface area contributed by atoms with Crippen LogP contribution in [0.15, 0.2) is 66.7 Å². The molecule has 168 valence electrons. The largest absolute Gasteiger partial charge is 0.497 e. The Hall–Kier alpha value is -3.73. The van der Waals surface area contributed by atoms with Gasteiger partial charge in [-0.2, -0.15) is 0 Å². The van der Waals surface area contributed by atoms with Crippen molar-refractivity contribution < 1.29 is 14.3 Å². The van der Waals surface area contributed by atoms with Crippen LogP contribution >= 0.6 is 0 Å². The Morgan fingerprint density at radius 2 is 1.73 bits per heavy atom. The van der Waals surface area contributed by atoms with Crippen LogP contribution in [0.2, 0.25) is 0 Å². The second-order valence-corrected chi connectivity index (χ2v) is 8.37. The van der Waals surface area contributed by atoms with E-state index in [1.807, 2.05) is 53.4 Å². The molecule has 0 aliphatic carbocycles. The topological polar surface area (TPSA) is 54.6 Å². The summed E-state index contributed by atoms with van der Waals surface area (Å²) < 4.78 is 11.3. The molecule has 0 saturated heterocycles. The van der Waals surface area contributed by atoms with Crippen molar-refractivity contribution in [2.75, 3.05) is 20.8 Å². The van der Waals surface area contributed by atoms with E-state index in [4.69, 9.17) is 9.47 Å². The Balaban J connectivity index is 1.81. The molecule has 1 amide bonds. The lowest BCUT2D eigenvalue weighted by Crippen LogP contribution is -2.30. The first-order valence-electron chi connectivity index (χ1n) is 11.4. The smallest absolute Gasteiger partial charge is 0.255 e. The van der Waals surface area contributed by atoms with Gasteiger partial charge < -0.3 is 19.4 Å². The highest BCUT2D eigenvalue weighted by Gasteiger charge is 2.40. The Bertz CT molecular complexity index is 1320.